The van der Waals surface area contributed by atoms with Crippen molar-refractivity contribution in [1.82, 2.24) is 20.1 Å². The molecular weight excluding hydrogens is 443 g/mol. The van der Waals surface area contributed by atoms with Crippen LogP contribution in [0.5, 0.6) is 11.6 Å². The summed E-state index contributed by atoms with van der Waals surface area (Å²) in [5.41, 5.74) is 2.29. The lowest BCUT2D eigenvalue weighted by molar-refractivity contribution is -0.143. The molecule has 0 spiro atoms. The summed E-state index contributed by atoms with van der Waals surface area (Å²) in [5.74, 6) is 0.569. The highest BCUT2D eigenvalue weighted by Gasteiger charge is 2.20. The fraction of sp³-hybridized carbons (Fsp3) is 0.333. The van der Waals surface area contributed by atoms with Gasteiger partial charge in [-0.25, -0.2) is 9.37 Å². The summed E-state index contributed by atoms with van der Waals surface area (Å²) >= 11 is 0. The molecule has 34 heavy (non-hydrogen) atoms. The summed E-state index contributed by atoms with van der Waals surface area (Å²) in [6.45, 7) is 5.84. The number of hydrogen-bond acceptors (Lipinski definition) is 8. The molecule has 0 amide bonds. The summed E-state index contributed by atoms with van der Waals surface area (Å²) in [4.78, 5) is 23.6. The van der Waals surface area contributed by atoms with Gasteiger partial charge in [0.05, 0.1) is 30.9 Å². The Bertz CT molecular complexity index is 1310. The predicted octanol–water partition coefficient (Wildman–Crippen LogP) is 4.71. The molecule has 9 nitrogen and oxygen atoms in total. The molecule has 0 saturated heterocycles. The molecule has 0 aliphatic carbocycles. The monoisotopic (exact) mass is 468 g/mol. The van der Waals surface area contributed by atoms with Crippen LogP contribution in [-0.4, -0.2) is 45.9 Å². The molecule has 0 aliphatic heterocycles. The van der Waals surface area contributed by atoms with Gasteiger partial charge in [0.1, 0.15) is 5.82 Å². The van der Waals surface area contributed by atoms with Crippen molar-refractivity contribution in [3.05, 3.63) is 42.0 Å². The number of H-pyrrole nitrogens is 1. The molecule has 3 heterocycles. The number of methoxy groups -OCH3 is 1. The van der Waals surface area contributed by atoms with Gasteiger partial charge in [0.15, 0.2) is 5.75 Å². The summed E-state index contributed by atoms with van der Waals surface area (Å²) in [6, 6.07) is 4.62. The first-order valence-electron chi connectivity index (χ1n) is 10.9. The molecule has 1 aromatic carbocycles. The van der Waals surface area contributed by atoms with E-state index in [0.717, 1.165) is 0 Å². The number of fused-ring (bicyclic) bond motifs is 1. The highest BCUT2D eigenvalue weighted by molar-refractivity contribution is 5.95. The number of nitrogens with one attached hydrogen (secondary N) is 1. The molecule has 0 aliphatic rings. The average molecular weight is 468 g/mol. The number of hydrogen-bond donors (Lipinski definition) is 1. The summed E-state index contributed by atoms with van der Waals surface area (Å²) in [5, 5.41) is 4.46. The number of aromatic amines is 1. The van der Waals surface area contributed by atoms with Crippen molar-refractivity contribution in [2.75, 3.05) is 13.7 Å². The number of rotatable bonds is 9. The number of esters is 1. The summed E-state index contributed by atoms with van der Waals surface area (Å²) in [7, 11) is 1.52. The van der Waals surface area contributed by atoms with Crippen LogP contribution in [0.3, 0.4) is 0 Å². The molecule has 0 saturated carbocycles. The second-order valence-corrected chi connectivity index (χ2v) is 7.79. The first kappa shape index (κ1) is 23.2. The minimum atomic E-state index is -0.405. The maximum atomic E-state index is 14.7. The number of aryl methyl sites for hydroxylation is 1. The van der Waals surface area contributed by atoms with E-state index in [1.807, 2.05) is 13.8 Å². The molecule has 1 N–H and O–H groups in total. The van der Waals surface area contributed by atoms with Crippen molar-refractivity contribution in [3.63, 3.8) is 0 Å². The van der Waals surface area contributed by atoms with Crippen LogP contribution in [0, 0.1) is 5.82 Å². The first-order valence-corrected chi connectivity index (χ1v) is 10.9. The van der Waals surface area contributed by atoms with E-state index < -0.39 is 5.82 Å². The van der Waals surface area contributed by atoms with Gasteiger partial charge >= 0.3 is 5.97 Å². The topological polar surface area (TPSA) is 112 Å². The van der Waals surface area contributed by atoms with Gasteiger partial charge in [0.25, 0.3) is 11.8 Å². The van der Waals surface area contributed by atoms with E-state index in [4.69, 9.17) is 18.7 Å². The van der Waals surface area contributed by atoms with Crippen LogP contribution in [0.25, 0.3) is 33.7 Å². The fourth-order valence-corrected chi connectivity index (χ4v) is 3.58. The zero-order chi connectivity index (χ0) is 24.2. The van der Waals surface area contributed by atoms with Crippen LogP contribution in [0.15, 0.2) is 35.1 Å². The second-order valence-electron chi connectivity index (χ2n) is 7.79. The van der Waals surface area contributed by atoms with Crippen LogP contribution in [0.1, 0.15) is 32.8 Å². The Morgan fingerprint density at radius 3 is 2.85 bits per heavy atom. The van der Waals surface area contributed by atoms with Gasteiger partial charge in [0, 0.05) is 35.8 Å². The molecule has 10 heteroatoms. The molecule has 0 atom stereocenters. The molecule has 4 aromatic rings. The van der Waals surface area contributed by atoms with E-state index in [2.05, 4.69) is 20.1 Å². The van der Waals surface area contributed by atoms with Crippen molar-refractivity contribution in [2.45, 2.75) is 39.7 Å². The summed E-state index contributed by atoms with van der Waals surface area (Å²) in [6.07, 6.45) is 3.67. The third-order valence-corrected chi connectivity index (χ3v) is 5.07. The van der Waals surface area contributed by atoms with E-state index >= 15 is 0 Å². The number of aromatic nitrogens is 4. The number of halogens is 1. The molecule has 178 valence electrons. The number of nitrogens with zero attached hydrogens (tertiary/aromatic N) is 3. The van der Waals surface area contributed by atoms with Gasteiger partial charge in [-0.15, -0.1) is 0 Å². The van der Waals surface area contributed by atoms with Crippen molar-refractivity contribution in [2.24, 2.45) is 0 Å². The third kappa shape index (κ3) is 4.70. The van der Waals surface area contributed by atoms with E-state index in [-0.39, 0.29) is 30.2 Å². The number of benzene rings is 1. The maximum Gasteiger partial charge on any atom is 0.306 e. The van der Waals surface area contributed by atoms with Gasteiger partial charge in [-0.1, -0.05) is 5.16 Å². The predicted molar refractivity (Wildman–Crippen MR) is 122 cm³/mol. The Labute approximate surface area is 195 Å². The van der Waals surface area contributed by atoms with Crippen LogP contribution in [0.2, 0.25) is 0 Å². The van der Waals surface area contributed by atoms with Gasteiger partial charge in [-0.05, 0) is 44.9 Å². The summed E-state index contributed by atoms with van der Waals surface area (Å²) < 4.78 is 36.1. The Morgan fingerprint density at radius 2 is 2.12 bits per heavy atom. The Hall–Kier alpha value is -3.95. The SMILES string of the molecule is CCOC(=O)CCc1c[nH]c2c(-c3noc(-c4cnc(OC(C)C)c(OC)c4)n3)ccc(F)c12. The minimum absolute atomic E-state index is 0.0638. The number of carbonyl (C=O) groups excluding carboxylic acids is 1. The van der Waals surface area contributed by atoms with E-state index in [1.54, 1.807) is 31.5 Å². The normalized spacial score (nSPS) is 11.2. The third-order valence-electron chi connectivity index (χ3n) is 5.07. The number of pyridine rings is 1. The first-order chi connectivity index (χ1) is 16.4. The van der Waals surface area contributed by atoms with Gasteiger partial charge < -0.3 is 23.7 Å². The van der Waals surface area contributed by atoms with E-state index in [0.29, 0.717) is 52.3 Å². The van der Waals surface area contributed by atoms with Crippen LogP contribution in [-0.2, 0) is 16.0 Å². The second kappa shape index (κ2) is 9.90. The zero-order valence-corrected chi connectivity index (χ0v) is 19.3. The van der Waals surface area contributed by atoms with Crippen molar-refractivity contribution >= 4 is 16.9 Å². The van der Waals surface area contributed by atoms with Crippen molar-refractivity contribution in [3.8, 4) is 34.5 Å². The smallest absolute Gasteiger partial charge is 0.306 e. The zero-order valence-electron chi connectivity index (χ0n) is 19.3. The quantitative estimate of drug-likeness (QED) is 0.352. The number of carbonyl (C=O) groups is 1. The van der Waals surface area contributed by atoms with E-state index in [1.165, 1.54) is 13.2 Å². The molecule has 0 unspecified atom stereocenters. The highest BCUT2D eigenvalue weighted by Crippen LogP contribution is 2.34. The lowest BCUT2D eigenvalue weighted by atomic mass is 10.0. The Balaban J connectivity index is 1.65. The molecule has 0 radical (unpaired) electrons. The molecular formula is C24H25FN4O5. The molecule has 0 bridgehead atoms. The number of ether oxygens (including phenoxy) is 3. The molecule has 3 aromatic heterocycles. The van der Waals surface area contributed by atoms with Crippen molar-refractivity contribution in [1.29, 1.82) is 0 Å². The Kier molecular flexibility index (Phi) is 6.76. The fourth-order valence-electron chi connectivity index (χ4n) is 3.58. The highest BCUT2D eigenvalue weighted by atomic mass is 19.1. The van der Waals surface area contributed by atoms with Crippen LogP contribution >= 0.6 is 0 Å². The lowest BCUT2D eigenvalue weighted by Crippen LogP contribution is -2.08. The minimum Gasteiger partial charge on any atom is -0.491 e. The Morgan fingerprint density at radius 1 is 1.29 bits per heavy atom. The standard InChI is InChI=1S/C24H25FN4O5/c1-5-32-19(30)9-6-14-11-26-21-16(7-8-17(25)20(14)21)22-28-23(34-29-22)15-10-18(31-4)24(27-12-15)33-13(2)3/h7-8,10-13,26H,5-6,9H2,1-4H3. The van der Waals surface area contributed by atoms with Gasteiger partial charge in [-0.3, -0.25) is 4.79 Å². The van der Waals surface area contributed by atoms with Crippen molar-refractivity contribution < 1.29 is 27.9 Å². The van der Waals surface area contributed by atoms with Crippen LogP contribution < -0.4 is 9.47 Å². The lowest BCUT2D eigenvalue weighted by Gasteiger charge is -2.12. The average Bonchev–Trinajstić information content (AvgIpc) is 3.46. The van der Waals surface area contributed by atoms with Gasteiger partial charge in [-0.2, -0.15) is 4.98 Å². The maximum absolute atomic E-state index is 14.7. The largest absolute Gasteiger partial charge is 0.491 e. The van der Waals surface area contributed by atoms with Crippen LogP contribution in [0.4, 0.5) is 4.39 Å². The van der Waals surface area contributed by atoms with Gasteiger partial charge in [0.2, 0.25) is 5.82 Å². The molecule has 0 fully saturated rings. The molecule has 4 rings (SSSR count). The van der Waals surface area contributed by atoms with E-state index in [9.17, 15) is 9.18 Å².